The van der Waals surface area contributed by atoms with E-state index in [0.717, 1.165) is 12.0 Å². The van der Waals surface area contributed by atoms with Crippen molar-refractivity contribution in [3.8, 4) is 0 Å². The van der Waals surface area contributed by atoms with Crippen molar-refractivity contribution in [3.63, 3.8) is 0 Å². The predicted molar refractivity (Wildman–Crippen MR) is 93.0 cm³/mol. The van der Waals surface area contributed by atoms with Crippen LogP contribution in [0.3, 0.4) is 0 Å². The largest absolute Gasteiger partial charge is 0.348 e. The van der Waals surface area contributed by atoms with Crippen LogP contribution in [0, 0.1) is 12.8 Å². The molecule has 0 unspecified atom stereocenters. The summed E-state index contributed by atoms with van der Waals surface area (Å²) in [5, 5.41) is 6.37. The summed E-state index contributed by atoms with van der Waals surface area (Å²) in [6.07, 6.45) is 0.931. The summed E-state index contributed by atoms with van der Waals surface area (Å²) in [6.45, 7) is 6.54. The molecule has 1 aromatic carbocycles. The zero-order valence-corrected chi connectivity index (χ0v) is 15.5. The van der Waals surface area contributed by atoms with E-state index in [9.17, 15) is 13.2 Å². The molecule has 2 aromatic rings. The quantitative estimate of drug-likeness (QED) is 0.769. The van der Waals surface area contributed by atoms with Gasteiger partial charge >= 0.3 is 11.8 Å². The molecule has 0 saturated heterocycles. The molecule has 1 amide bonds. The first-order chi connectivity index (χ1) is 11.8. The highest BCUT2D eigenvalue weighted by Crippen LogP contribution is 2.13. The summed E-state index contributed by atoms with van der Waals surface area (Å²) >= 11 is 0. The Labute approximate surface area is 147 Å². The number of nitrogens with one attached hydrogen (secondary N) is 1. The number of hydrogen-bond donors (Lipinski definition) is 1. The molecular formula is C17H23N3O4S. The molecule has 0 spiro atoms. The van der Waals surface area contributed by atoms with Crippen LogP contribution in [0.4, 0.5) is 0 Å². The lowest BCUT2D eigenvalue weighted by Crippen LogP contribution is -2.25. The summed E-state index contributed by atoms with van der Waals surface area (Å²) in [6, 6.07) is 6.66. The molecule has 2 rings (SSSR count). The Balaban J connectivity index is 1.92. The Morgan fingerprint density at radius 1 is 1.24 bits per heavy atom. The van der Waals surface area contributed by atoms with Gasteiger partial charge < -0.3 is 9.84 Å². The predicted octanol–water partition coefficient (Wildman–Crippen LogP) is 2.17. The Morgan fingerprint density at radius 3 is 2.56 bits per heavy atom. The Bertz CT molecular complexity index is 811. The first-order valence-corrected chi connectivity index (χ1v) is 9.83. The van der Waals surface area contributed by atoms with Gasteiger partial charge in [-0.1, -0.05) is 36.7 Å². The zero-order valence-electron chi connectivity index (χ0n) is 14.7. The Hall–Kier alpha value is -2.22. The highest BCUT2D eigenvalue weighted by molar-refractivity contribution is 7.91. The van der Waals surface area contributed by atoms with Crippen molar-refractivity contribution in [1.82, 2.24) is 15.5 Å². The molecule has 0 saturated carbocycles. The minimum Gasteiger partial charge on any atom is -0.348 e. The normalized spacial score (nSPS) is 11.7. The van der Waals surface area contributed by atoms with Crippen molar-refractivity contribution in [3.05, 3.63) is 41.5 Å². The lowest BCUT2D eigenvalue weighted by Gasteiger charge is -2.04. The van der Waals surface area contributed by atoms with Gasteiger partial charge in [0.15, 0.2) is 15.7 Å². The summed E-state index contributed by atoms with van der Waals surface area (Å²) in [5.41, 5.74) is 0.991. The standard InChI is InChI=1S/C17H23N3O4S/c1-12(2)8-10-18-16(21)17-19-15(20-24-17)9-11-25(22,23)14-6-4-13(3)5-7-14/h4-7,12H,8-11H2,1-3H3,(H,18,21). The van der Waals surface area contributed by atoms with Gasteiger partial charge in [0.2, 0.25) is 0 Å². The van der Waals surface area contributed by atoms with E-state index in [1.807, 2.05) is 6.92 Å². The fourth-order valence-electron chi connectivity index (χ4n) is 2.09. The summed E-state index contributed by atoms with van der Waals surface area (Å²) in [5.74, 6) is -0.0632. The van der Waals surface area contributed by atoms with Crippen LogP contribution in [0.15, 0.2) is 33.7 Å². The van der Waals surface area contributed by atoms with E-state index in [-0.39, 0.29) is 28.8 Å². The number of hydrogen-bond acceptors (Lipinski definition) is 6. The third kappa shape index (κ3) is 5.67. The molecule has 0 aliphatic carbocycles. The molecule has 1 aromatic heterocycles. The highest BCUT2D eigenvalue weighted by Gasteiger charge is 2.19. The van der Waals surface area contributed by atoms with Gasteiger partial charge in [-0.25, -0.2) is 8.42 Å². The van der Waals surface area contributed by atoms with Crippen molar-refractivity contribution in [2.45, 2.75) is 38.5 Å². The molecule has 0 radical (unpaired) electrons. The molecule has 0 atom stereocenters. The smallest absolute Gasteiger partial charge is 0.315 e. The van der Waals surface area contributed by atoms with Gasteiger partial charge in [0, 0.05) is 13.0 Å². The maximum Gasteiger partial charge on any atom is 0.315 e. The van der Waals surface area contributed by atoms with Crippen LogP contribution in [0.2, 0.25) is 0 Å². The van der Waals surface area contributed by atoms with E-state index >= 15 is 0 Å². The van der Waals surface area contributed by atoms with E-state index in [0.29, 0.717) is 12.5 Å². The van der Waals surface area contributed by atoms with Gasteiger partial charge in [-0.2, -0.15) is 4.98 Å². The number of aryl methyl sites for hydroxylation is 2. The van der Waals surface area contributed by atoms with E-state index in [1.54, 1.807) is 24.3 Å². The lowest BCUT2D eigenvalue weighted by atomic mass is 10.1. The number of aromatic nitrogens is 2. The van der Waals surface area contributed by atoms with Gasteiger partial charge in [0.25, 0.3) is 0 Å². The molecule has 8 heteroatoms. The van der Waals surface area contributed by atoms with Crippen LogP contribution in [0.25, 0.3) is 0 Å². The molecule has 136 valence electrons. The fraction of sp³-hybridized carbons (Fsp3) is 0.471. The number of benzene rings is 1. The molecule has 0 fully saturated rings. The Morgan fingerprint density at radius 2 is 1.92 bits per heavy atom. The molecular weight excluding hydrogens is 342 g/mol. The lowest BCUT2D eigenvalue weighted by molar-refractivity contribution is 0.0908. The summed E-state index contributed by atoms with van der Waals surface area (Å²) in [4.78, 5) is 16.1. The van der Waals surface area contributed by atoms with E-state index < -0.39 is 15.7 Å². The maximum atomic E-state index is 12.3. The first kappa shape index (κ1) is 19.1. The molecule has 1 heterocycles. The van der Waals surface area contributed by atoms with Crippen LogP contribution in [-0.2, 0) is 16.3 Å². The van der Waals surface area contributed by atoms with Crippen molar-refractivity contribution < 1.29 is 17.7 Å². The zero-order chi connectivity index (χ0) is 18.4. The minimum absolute atomic E-state index is 0.0823. The number of carbonyl (C=O) groups excluding carboxylic acids is 1. The molecule has 1 N–H and O–H groups in total. The average molecular weight is 365 g/mol. The highest BCUT2D eigenvalue weighted by atomic mass is 32.2. The third-order valence-corrected chi connectivity index (χ3v) is 5.38. The Kier molecular flexibility index (Phi) is 6.30. The minimum atomic E-state index is -3.43. The maximum absolute atomic E-state index is 12.3. The van der Waals surface area contributed by atoms with E-state index in [4.69, 9.17) is 4.52 Å². The SMILES string of the molecule is Cc1ccc(S(=O)(=O)CCc2noc(C(=O)NCCC(C)C)n2)cc1. The molecule has 0 bridgehead atoms. The number of nitrogens with zero attached hydrogens (tertiary/aromatic N) is 2. The van der Waals surface area contributed by atoms with Crippen molar-refractivity contribution in [1.29, 1.82) is 0 Å². The van der Waals surface area contributed by atoms with Gasteiger partial charge in [0.1, 0.15) is 0 Å². The monoisotopic (exact) mass is 365 g/mol. The van der Waals surface area contributed by atoms with Crippen LogP contribution in [0.1, 0.15) is 42.3 Å². The van der Waals surface area contributed by atoms with Crippen molar-refractivity contribution in [2.75, 3.05) is 12.3 Å². The van der Waals surface area contributed by atoms with Gasteiger partial charge in [-0.05, 0) is 31.4 Å². The summed E-state index contributed by atoms with van der Waals surface area (Å²) < 4.78 is 29.5. The second-order valence-electron chi connectivity index (χ2n) is 6.34. The number of amides is 1. The van der Waals surface area contributed by atoms with Crippen LogP contribution < -0.4 is 5.32 Å². The van der Waals surface area contributed by atoms with Crippen LogP contribution in [-0.4, -0.2) is 36.8 Å². The number of rotatable bonds is 8. The second kappa shape index (κ2) is 8.24. The fourth-order valence-corrected chi connectivity index (χ4v) is 3.32. The van der Waals surface area contributed by atoms with Crippen molar-refractivity contribution in [2.24, 2.45) is 5.92 Å². The van der Waals surface area contributed by atoms with E-state index in [1.165, 1.54) is 0 Å². The second-order valence-corrected chi connectivity index (χ2v) is 8.45. The molecule has 0 aliphatic rings. The topological polar surface area (TPSA) is 102 Å². The van der Waals surface area contributed by atoms with Gasteiger partial charge in [-0.15, -0.1) is 0 Å². The average Bonchev–Trinajstić information content (AvgIpc) is 3.02. The van der Waals surface area contributed by atoms with Gasteiger partial charge in [0.05, 0.1) is 10.6 Å². The van der Waals surface area contributed by atoms with Crippen molar-refractivity contribution >= 4 is 15.7 Å². The number of sulfone groups is 1. The third-order valence-electron chi connectivity index (χ3n) is 3.64. The first-order valence-electron chi connectivity index (χ1n) is 8.18. The van der Waals surface area contributed by atoms with E-state index in [2.05, 4.69) is 29.3 Å². The molecule has 0 aliphatic heterocycles. The van der Waals surface area contributed by atoms with Crippen LogP contribution in [0.5, 0.6) is 0 Å². The van der Waals surface area contributed by atoms with Crippen LogP contribution >= 0.6 is 0 Å². The summed E-state index contributed by atoms with van der Waals surface area (Å²) in [7, 11) is -3.43. The molecule has 7 nitrogen and oxygen atoms in total. The number of carbonyl (C=O) groups is 1. The molecule has 25 heavy (non-hydrogen) atoms. The van der Waals surface area contributed by atoms with Gasteiger partial charge in [-0.3, -0.25) is 4.79 Å².